The number of amides is 3. The second kappa shape index (κ2) is 8.63. The Balaban J connectivity index is 1.55. The Morgan fingerprint density at radius 2 is 2.15 bits per heavy atom. The first-order chi connectivity index (χ1) is 13.0. The van der Waals surface area contributed by atoms with Crippen molar-refractivity contribution in [2.75, 3.05) is 17.2 Å². The summed E-state index contributed by atoms with van der Waals surface area (Å²) >= 11 is 1.24. The van der Waals surface area contributed by atoms with Gasteiger partial charge in [-0.05, 0) is 25.5 Å². The van der Waals surface area contributed by atoms with Crippen LogP contribution in [0.2, 0.25) is 0 Å². The van der Waals surface area contributed by atoms with Crippen LogP contribution in [-0.4, -0.2) is 35.4 Å². The number of nitrogens with zero attached hydrogens (tertiary/aromatic N) is 1. The molecule has 2 aromatic rings. The van der Waals surface area contributed by atoms with Crippen LogP contribution in [0.25, 0.3) is 0 Å². The van der Waals surface area contributed by atoms with Gasteiger partial charge in [-0.25, -0.2) is 4.98 Å². The summed E-state index contributed by atoms with van der Waals surface area (Å²) in [5.41, 5.74) is 1.15. The Bertz CT molecular complexity index is 851. The van der Waals surface area contributed by atoms with Crippen molar-refractivity contribution in [1.82, 2.24) is 10.3 Å². The minimum Gasteiger partial charge on any atom is -0.492 e. The van der Waals surface area contributed by atoms with Crippen molar-refractivity contribution in [3.8, 4) is 5.75 Å². The molecule has 1 fully saturated rings. The molecule has 1 aromatic heterocycles. The van der Waals surface area contributed by atoms with Gasteiger partial charge in [-0.2, -0.15) is 0 Å². The third-order valence-electron chi connectivity index (χ3n) is 3.90. The summed E-state index contributed by atoms with van der Waals surface area (Å²) in [5.74, 6) is -0.0394. The number of aromatic nitrogens is 1. The van der Waals surface area contributed by atoms with E-state index in [0.717, 1.165) is 0 Å². The van der Waals surface area contributed by atoms with E-state index >= 15 is 0 Å². The van der Waals surface area contributed by atoms with Gasteiger partial charge in [0, 0.05) is 11.8 Å². The lowest BCUT2D eigenvalue weighted by Gasteiger charge is -2.10. The molecule has 1 aliphatic rings. The Labute approximate surface area is 160 Å². The average Bonchev–Trinajstić information content (AvgIpc) is 3.26. The molecule has 9 heteroatoms. The average molecular weight is 388 g/mol. The van der Waals surface area contributed by atoms with Gasteiger partial charge in [0.1, 0.15) is 11.8 Å². The maximum Gasteiger partial charge on any atom is 0.248 e. The van der Waals surface area contributed by atoms with E-state index in [4.69, 9.17) is 4.74 Å². The second-order valence-electron chi connectivity index (χ2n) is 5.95. The van der Waals surface area contributed by atoms with Crippen LogP contribution >= 0.6 is 11.3 Å². The van der Waals surface area contributed by atoms with Crippen molar-refractivity contribution in [3.63, 3.8) is 0 Å². The lowest BCUT2D eigenvalue weighted by molar-refractivity contribution is -0.122. The van der Waals surface area contributed by atoms with Gasteiger partial charge in [-0.1, -0.05) is 12.1 Å². The first-order valence-corrected chi connectivity index (χ1v) is 9.49. The Kier molecular flexibility index (Phi) is 6.02. The Hall–Kier alpha value is -2.94. The van der Waals surface area contributed by atoms with Gasteiger partial charge in [0.25, 0.3) is 0 Å². The molecule has 1 aliphatic heterocycles. The summed E-state index contributed by atoms with van der Waals surface area (Å²) in [6, 6.07) is 6.69. The zero-order valence-electron chi connectivity index (χ0n) is 14.8. The van der Waals surface area contributed by atoms with Crippen LogP contribution in [0.1, 0.15) is 25.5 Å². The predicted molar refractivity (Wildman–Crippen MR) is 102 cm³/mol. The van der Waals surface area contributed by atoms with Gasteiger partial charge in [0.05, 0.1) is 24.4 Å². The number of hydrogen-bond donors (Lipinski definition) is 3. The van der Waals surface area contributed by atoms with E-state index < -0.39 is 6.04 Å². The zero-order chi connectivity index (χ0) is 19.2. The van der Waals surface area contributed by atoms with Crippen molar-refractivity contribution in [3.05, 3.63) is 35.3 Å². The smallest absolute Gasteiger partial charge is 0.248 e. The maximum absolute atomic E-state index is 12.3. The van der Waals surface area contributed by atoms with E-state index in [1.807, 2.05) is 19.1 Å². The molecule has 3 amide bonds. The van der Waals surface area contributed by atoms with Gasteiger partial charge in [-0.3, -0.25) is 14.4 Å². The largest absolute Gasteiger partial charge is 0.492 e. The molecule has 0 unspecified atom stereocenters. The molecule has 0 spiro atoms. The van der Waals surface area contributed by atoms with Crippen molar-refractivity contribution >= 4 is 39.9 Å². The molecule has 142 valence electrons. The standard InChI is InChI=1S/C18H20N4O4S/c1-2-26-14-6-4-3-5-12(14)20-16(24)9-11-10-27-18(19-11)22-17(25)13-7-8-15(23)21-13/h3-6,10,13H,2,7-9H2,1H3,(H,20,24)(H,21,23)(H,19,22,25)/t13-/m1/s1. The lowest BCUT2D eigenvalue weighted by Crippen LogP contribution is -2.37. The molecule has 0 aliphatic carbocycles. The predicted octanol–water partition coefficient (Wildman–Crippen LogP) is 1.94. The molecule has 3 rings (SSSR count). The fourth-order valence-corrected chi connectivity index (χ4v) is 3.37. The van der Waals surface area contributed by atoms with E-state index in [-0.39, 0.29) is 24.1 Å². The number of nitrogens with one attached hydrogen (secondary N) is 3. The molecular formula is C18H20N4O4S. The number of hydrogen-bond acceptors (Lipinski definition) is 6. The molecule has 0 bridgehead atoms. The number of rotatable bonds is 7. The highest BCUT2D eigenvalue weighted by atomic mass is 32.1. The molecule has 3 N–H and O–H groups in total. The summed E-state index contributed by atoms with van der Waals surface area (Å²) in [7, 11) is 0. The Morgan fingerprint density at radius 1 is 1.33 bits per heavy atom. The third kappa shape index (κ3) is 5.04. The first-order valence-electron chi connectivity index (χ1n) is 8.61. The molecule has 1 saturated heterocycles. The molecule has 27 heavy (non-hydrogen) atoms. The molecule has 8 nitrogen and oxygen atoms in total. The van der Waals surface area contributed by atoms with Crippen LogP contribution < -0.4 is 20.7 Å². The molecule has 1 aromatic carbocycles. The minimum atomic E-state index is -0.525. The summed E-state index contributed by atoms with van der Waals surface area (Å²) < 4.78 is 5.49. The van der Waals surface area contributed by atoms with Gasteiger partial charge < -0.3 is 20.7 Å². The summed E-state index contributed by atoms with van der Waals surface area (Å²) in [6.07, 6.45) is 0.905. The third-order valence-corrected chi connectivity index (χ3v) is 4.70. The van der Waals surface area contributed by atoms with Crippen LogP contribution in [0.4, 0.5) is 10.8 Å². The number of thiazole rings is 1. The van der Waals surface area contributed by atoms with E-state index in [1.54, 1.807) is 17.5 Å². The van der Waals surface area contributed by atoms with Crippen molar-refractivity contribution in [1.29, 1.82) is 0 Å². The van der Waals surface area contributed by atoms with Gasteiger partial charge in [-0.15, -0.1) is 11.3 Å². The molecule has 1 atom stereocenters. The number of carbonyl (C=O) groups excluding carboxylic acids is 3. The summed E-state index contributed by atoms with van der Waals surface area (Å²) in [4.78, 5) is 39.8. The number of benzene rings is 1. The number of para-hydroxylation sites is 2. The number of anilines is 2. The van der Waals surface area contributed by atoms with E-state index in [1.165, 1.54) is 11.3 Å². The molecule has 2 heterocycles. The minimum absolute atomic E-state index is 0.0764. The number of ether oxygens (including phenoxy) is 1. The van der Waals surface area contributed by atoms with Gasteiger partial charge in [0.15, 0.2) is 5.13 Å². The van der Waals surface area contributed by atoms with Crippen LogP contribution in [0.3, 0.4) is 0 Å². The molecular weight excluding hydrogens is 368 g/mol. The van der Waals surface area contributed by atoms with Crippen LogP contribution in [0.15, 0.2) is 29.6 Å². The SMILES string of the molecule is CCOc1ccccc1NC(=O)Cc1csc(NC(=O)[C@H]2CCC(=O)N2)n1. The first kappa shape index (κ1) is 18.8. The molecule has 0 radical (unpaired) electrons. The highest BCUT2D eigenvalue weighted by Gasteiger charge is 2.27. The second-order valence-corrected chi connectivity index (χ2v) is 6.80. The lowest BCUT2D eigenvalue weighted by atomic mass is 10.2. The fraction of sp³-hybridized carbons (Fsp3) is 0.333. The fourth-order valence-electron chi connectivity index (χ4n) is 2.66. The summed E-state index contributed by atoms with van der Waals surface area (Å²) in [5, 5.41) is 10.2. The van der Waals surface area contributed by atoms with Crippen molar-refractivity contribution in [2.45, 2.75) is 32.2 Å². The number of carbonyl (C=O) groups is 3. The normalized spacial score (nSPS) is 15.9. The van der Waals surface area contributed by atoms with Crippen molar-refractivity contribution in [2.24, 2.45) is 0 Å². The van der Waals surface area contributed by atoms with E-state index in [0.29, 0.717) is 41.7 Å². The van der Waals surface area contributed by atoms with Crippen LogP contribution in [0.5, 0.6) is 5.75 Å². The van der Waals surface area contributed by atoms with Crippen molar-refractivity contribution < 1.29 is 19.1 Å². The monoisotopic (exact) mass is 388 g/mol. The maximum atomic E-state index is 12.3. The summed E-state index contributed by atoms with van der Waals surface area (Å²) in [6.45, 7) is 2.38. The van der Waals surface area contributed by atoms with Gasteiger partial charge >= 0.3 is 0 Å². The quantitative estimate of drug-likeness (QED) is 0.672. The van der Waals surface area contributed by atoms with Crippen LogP contribution in [-0.2, 0) is 20.8 Å². The highest BCUT2D eigenvalue weighted by Crippen LogP contribution is 2.24. The van der Waals surface area contributed by atoms with Gasteiger partial charge in [0.2, 0.25) is 17.7 Å². The van der Waals surface area contributed by atoms with E-state index in [9.17, 15) is 14.4 Å². The topological polar surface area (TPSA) is 109 Å². The molecule has 0 saturated carbocycles. The van der Waals surface area contributed by atoms with Crippen LogP contribution in [0, 0.1) is 0 Å². The zero-order valence-corrected chi connectivity index (χ0v) is 15.6. The van der Waals surface area contributed by atoms with E-state index in [2.05, 4.69) is 20.9 Å². The Morgan fingerprint density at radius 3 is 2.89 bits per heavy atom. The highest BCUT2D eigenvalue weighted by molar-refractivity contribution is 7.13.